The molecule has 5 N–H and O–H groups in total. The fourth-order valence-corrected chi connectivity index (χ4v) is 2.41. The predicted octanol–water partition coefficient (Wildman–Crippen LogP) is -0.715. The number of halogens is 1. The Bertz CT molecular complexity index is 732. The molecule has 1 aromatic carbocycles. The molecule has 0 radical (unpaired) electrons. The van der Waals surface area contributed by atoms with Crippen molar-refractivity contribution in [1.82, 2.24) is 25.5 Å². The van der Waals surface area contributed by atoms with Crippen molar-refractivity contribution in [2.24, 2.45) is 5.73 Å². The van der Waals surface area contributed by atoms with Crippen molar-refractivity contribution in [3.63, 3.8) is 0 Å². The summed E-state index contributed by atoms with van der Waals surface area (Å²) < 4.78 is 19.1. The van der Waals surface area contributed by atoms with Crippen molar-refractivity contribution in [3.05, 3.63) is 41.5 Å². The zero-order valence-corrected chi connectivity index (χ0v) is 14.7. The average Bonchev–Trinajstić information content (AvgIpc) is 3.07. The second kappa shape index (κ2) is 10.7. The van der Waals surface area contributed by atoms with E-state index in [1.54, 1.807) is 12.1 Å². The average molecular weight is 380 g/mol. The molecule has 10 nitrogen and oxygen atoms in total. The molecule has 1 amide bonds. The Labute approximate surface area is 155 Å². The van der Waals surface area contributed by atoms with Crippen LogP contribution >= 0.6 is 0 Å². The van der Waals surface area contributed by atoms with Crippen molar-refractivity contribution in [2.75, 3.05) is 6.61 Å². The zero-order chi connectivity index (χ0) is 19.6. The number of nitrogens with one attached hydrogen (secondary N) is 1. The fourth-order valence-electron chi connectivity index (χ4n) is 2.41. The van der Waals surface area contributed by atoms with E-state index in [1.807, 2.05) is 0 Å². The van der Waals surface area contributed by atoms with Gasteiger partial charge in [0, 0.05) is 13.2 Å². The molecule has 0 saturated carbocycles. The molecule has 1 atom stereocenters. The third-order valence-electron chi connectivity index (χ3n) is 3.74. The van der Waals surface area contributed by atoms with Gasteiger partial charge in [0.2, 0.25) is 5.91 Å². The Balaban J connectivity index is 1.78. The van der Waals surface area contributed by atoms with Crippen molar-refractivity contribution in [1.29, 1.82) is 0 Å². The Morgan fingerprint density at radius 2 is 2.22 bits per heavy atom. The summed E-state index contributed by atoms with van der Waals surface area (Å²) in [5.41, 5.74) is 6.71. The maximum atomic E-state index is 13.1. The van der Waals surface area contributed by atoms with Gasteiger partial charge in [-0.05, 0) is 47.4 Å². The highest BCUT2D eigenvalue weighted by Gasteiger charge is 2.17. The van der Waals surface area contributed by atoms with Crippen LogP contribution in [0.3, 0.4) is 0 Å². The van der Waals surface area contributed by atoms with E-state index in [0.29, 0.717) is 30.7 Å². The molecule has 0 bridgehead atoms. The number of nitrogens with two attached hydrogens (primary N) is 1. The third kappa shape index (κ3) is 7.39. The summed E-state index contributed by atoms with van der Waals surface area (Å²) in [6.45, 7) is 0.278. The largest absolute Gasteiger partial charge is 0.633 e. The summed E-state index contributed by atoms with van der Waals surface area (Å²) in [5.74, 6) is -0.321. The molecule has 0 spiro atoms. The molecule has 27 heavy (non-hydrogen) atoms. The summed E-state index contributed by atoms with van der Waals surface area (Å²) in [5, 5.41) is 31.0. The summed E-state index contributed by atoms with van der Waals surface area (Å²) in [4.78, 5) is 12.1. The highest BCUT2D eigenvalue weighted by molar-refractivity contribution is 6.32. The number of carbonyl (C=O) groups is 1. The van der Waals surface area contributed by atoms with E-state index in [0.717, 1.165) is 0 Å². The first-order valence-corrected chi connectivity index (χ1v) is 8.46. The minimum Gasteiger partial charge on any atom is -0.402 e. The number of tetrazole rings is 1. The number of amides is 1. The molecular weight excluding hydrogens is 358 g/mol. The van der Waals surface area contributed by atoms with Gasteiger partial charge in [0.05, 0.1) is 6.04 Å². The molecule has 12 heteroatoms. The van der Waals surface area contributed by atoms with Crippen LogP contribution in [0.5, 0.6) is 0 Å². The smallest absolute Gasteiger partial charge is 0.402 e. The molecule has 146 valence electrons. The highest BCUT2D eigenvalue weighted by atomic mass is 19.1. The molecule has 0 aliphatic heterocycles. The third-order valence-corrected chi connectivity index (χ3v) is 3.74. The van der Waals surface area contributed by atoms with Gasteiger partial charge < -0.3 is 25.8 Å². The van der Waals surface area contributed by atoms with E-state index in [2.05, 4.69) is 25.5 Å². The van der Waals surface area contributed by atoms with Gasteiger partial charge in [-0.1, -0.05) is 12.1 Å². The standard InChI is InChI=1S/C15H22BFN6O4/c17-12-5-3-4-11(8-12)9-19-14(24)10-23-15(20-21-22-23)13(18)6-1-2-7-27-16(25)26/h3-5,8,13,25-26H,1-2,6-7,9-10,18H2,(H,19,24). The summed E-state index contributed by atoms with van der Waals surface area (Å²) in [7, 11) is -1.78. The second-order valence-corrected chi connectivity index (χ2v) is 5.90. The maximum Gasteiger partial charge on any atom is 0.633 e. The molecule has 0 saturated heterocycles. The Morgan fingerprint density at radius 1 is 1.41 bits per heavy atom. The number of hydrogen-bond donors (Lipinski definition) is 4. The van der Waals surface area contributed by atoms with Gasteiger partial charge in [-0.25, -0.2) is 9.07 Å². The SMILES string of the molecule is NC(CCCCOB(O)O)c1nnnn1CC(=O)NCc1cccc(F)c1. The van der Waals surface area contributed by atoms with E-state index in [9.17, 15) is 9.18 Å². The molecule has 0 fully saturated rings. The molecule has 0 aliphatic rings. The number of nitrogens with zero attached hydrogens (tertiary/aromatic N) is 4. The van der Waals surface area contributed by atoms with Crippen LogP contribution in [0, 0.1) is 5.82 Å². The van der Waals surface area contributed by atoms with Crippen LogP contribution in [0.4, 0.5) is 4.39 Å². The lowest BCUT2D eigenvalue weighted by Gasteiger charge is -2.12. The van der Waals surface area contributed by atoms with E-state index >= 15 is 0 Å². The van der Waals surface area contributed by atoms with Crippen LogP contribution in [0.25, 0.3) is 0 Å². The van der Waals surface area contributed by atoms with E-state index in [-0.39, 0.29) is 31.4 Å². The molecule has 0 aliphatic carbocycles. The van der Waals surface area contributed by atoms with Gasteiger partial charge >= 0.3 is 7.32 Å². The van der Waals surface area contributed by atoms with E-state index in [4.69, 9.17) is 15.8 Å². The maximum absolute atomic E-state index is 13.1. The summed E-state index contributed by atoms with van der Waals surface area (Å²) in [6.07, 6.45) is 1.78. The summed E-state index contributed by atoms with van der Waals surface area (Å²) >= 11 is 0. The fraction of sp³-hybridized carbons (Fsp3) is 0.467. The van der Waals surface area contributed by atoms with Crippen LogP contribution in [0.15, 0.2) is 24.3 Å². The number of hydrogen-bond acceptors (Lipinski definition) is 8. The first-order chi connectivity index (χ1) is 13.0. The number of rotatable bonds is 11. The minimum atomic E-state index is -1.78. The number of benzene rings is 1. The van der Waals surface area contributed by atoms with E-state index < -0.39 is 13.4 Å². The van der Waals surface area contributed by atoms with Crippen molar-refractivity contribution in [2.45, 2.75) is 38.4 Å². The number of aromatic nitrogens is 4. The van der Waals surface area contributed by atoms with Gasteiger partial charge in [0.25, 0.3) is 0 Å². The van der Waals surface area contributed by atoms with Gasteiger partial charge in [-0.3, -0.25) is 4.79 Å². The van der Waals surface area contributed by atoms with Crippen LogP contribution in [0.1, 0.15) is 36.7 Å². The molecular formula is C15H22BFN6O4. The quantitative estimate of drug-likeness (QED) is 0.295. The zero-order valence-electron chi connectivity index (χ0n) is 14.7. The number of carbonyl (C=O) groups excluding carboxylic acids is 1. The first-order valence-electron chi connectivity index (χ1n) is 8.46. The lowest BCUT2D eigenvalue weighted by Crippen LogP contribution is -2.29. The lowest BCUT2D eigenvalue weighted by molar-refractivity contribution is -0.122. The Kier molecular flexibility index (Phi) is 8.26. The predicted molar refractivity (Wildman–Crippen MR) is 93.0 cm³/mol. The minimum absolute atomic E-state index is 0.106. The topological polar surface area (TPSA) is 148 Å². The summed E-state index contributed by atoms with van der Waals surface area (Å²) in [6, 6.07) is 5.48. The van der Waals surface area contributed by atoms with Crippen LogP contribution in [-0.2, 0) is 22.5 Å². The van der Waals surface area contributed by atoms with E-state index in [1.165, 1.54) is 16.8 Å². The second-order valence-electron chi connectivity index (χ2n) is 5.90. The van der Waals surface area contributed by atoms with Gasteiger partial charge in [-0.15, -0.1) is 5.10 Å². The van der Waals surface area contributed by atoms with Gasteiger partial charge in [0.15, 0.2) is 5.82 Å². The molecule has 1 aromatic heterocycles. The van der Waals surface area contributed by atoms with Crippen molar-refractivity contribution in [3.8, 4) is 0 Å². The van der Waals surface area contributed by atoms with Gasteiger partial charge in [0.1, 0.15) is 12.4 Å². The molecule has 2 rings (SSSR count). The Morgan fingerprint density at radius 3 is 2.96 bits per heavy atom. The normalized spacial score (nSPS) is 12.0. The highest BCUT2D eigenvalue weighted by Crippen LogP contribution is 2.13. The Hall–Kier alpha value is -2.41. The van der Waals surface area contributed by atoms with Gasteiger partial charge in [-0.2, -0.15) is 0 Å². The number of unbranched alkanes of at least 4 members (excludes halogenated alkanes) is 1. The molecule has 1 heterocycles. The lowest BCUT2D eigenvalue weighted by atomic mass is 10.1. The first kappa shape index (κ1) is 20.9. The van der Waals surface area contributed by atoms with Crippen LogP contribution in [-0.4, -0.2) is 50.1 Å². The molecule has 2 aromatic rings. The van der Waals surface area contributed by atoms with Crippen LogP contribution in [0.2, 0.25) is 0 Å². The van der Waals surface area contributed by atoms with Crippen molar-refractivity contribution < 1.29 is 23.9 Å². The molecule has 1 unspecified atom stereocenters. The van der Waals surface area contributed by atoms with Crippen molar-refractivity contribution >= 4 is 13.2 Å². The van der Waals surface area contributed by atoms with Crippen LogP contribution < -0.4 is 11.1 Å². The monoisotopic (exact) mass is 380 g/mol.